The van der Waals surface area contributed by atoms with Gasteiger partial charge in [-0.1, -0.05) is 0 Å². The standard InChI is InChI=1S/C19H20N2O7/c1-24-12-6-4-11(5-7-12)20-19(23)28-15-10-27-16-13(9-26-17(15)16)21-18(22)14-3-2-8-25-14/h2-8,13,15-17H,9-10H2,1H3,(H,20,23)(H,21,22)/t13-,15+,16+,17+/m0/s1. The Kier molecular flexibility index (Phi) is 5.18. The molecule has 0 saturated carbocycles. The predicted molar refractivity (Wildman–Crippen MR) is 96.3 cm³/mol. The van der Waals surface area contributed by atoms with Crippen LogP contribution >= 0.6 is 0 Å². The number of furan rings is 1. The van der Waals surface area contributed by atoms with Crippen molar-refractivity contribution in [3.05, 3.63) is 48.4 Å². The van der Waals surface area contributed by atoms with Gasteiger partial charge in [0.15, 0.2) is 11.9 Å². The fourth-order valence-corrected chi connectivity index (χ4v) is 3.30. The zero-order valence-corrected chi connectivity index (χ0v) is 15.1. The van der Waals surface area contributed by atoms with Crippen LogP contribution in [0.2, 0.25) is 0 Å². The third-order valence-electron chi connectivity index (χ3n) is 4.66. The van der Waals surface area contributed by atoms with E-state index in [0.717, 1.165) is 0 Å². The number of amides is 2. The number of methoxy groups -OCH3 is 1. The van der Waals surface area contributed by atoms with E-state index in [1.807, 2.05) is 0 Å². The first kappa shape index (κ1) is 18.3. The molecule has 2 amide bonds. The molecule has 2 aliphatic rings. The molecule has 2 N–H and O–H groups in total. The van der Waals surface area contributed by atoms with Crippen LogP contribution in [0.5, 0.6) is 5.75 Å². The number of carbonyl (C=O) groups is 2. The van der Waals surface area contributed by atoms with E-state index in [2.05, 4.69) is 10.6 Å². The molecular weight excluding hydrogens is 368 g/mol. The topological polar surface area (TPSA) is 108 Å². The zero-order valence-electron chi connectivity index (χ0n) is 15.1. The minimum absolute atomic E-state index is 0.193. The van der Waals surface area contributed by atoms with Gasteiger partial charge >= 0.3 is 6.09 Å². The Morgan fingerprint density at radius 2 is 1.86 bits per heavy atom. The van der Waals surface area contributed by atoms with Crippen molar-refractivity contribution in [1.82, 2.24) is 5.32 Å². The molecule has 3 heterocycles. The lowest BCUT2D eigenvalue weighted by Crippen LogP contribution is -2.44. The number of benzene rings is 1. The van der Waals surface area contributed by atoms with E-state index in [4.69, 9.17) is 23.4 Å². The number of hydrogen-bond acceptors (Lipinski definition) is 7. The predicted octanol–water partition coefficient (Wildman–Crippen LogP) is 1.80. The van der Waals surface area contributed by atoms with Crippen LogP contribution in [0.1, 0.15) is 10.6 Å². The third kappa shape index (κ3) is 3.80. The molecule has 2 aliphatic heterocycles. The summed E-state index contributed by atoms with van der Waals surface area (Å²) in [5.41, 5.74) is 0.581. The Balaban J connectivity index is 1.30. The molecule has 4 rings (SSSR count). The molecule has 2 aromatic rings. The number of nitrogens with one attached hydrogen (secondary N) is 2. The smallest absolute Gasteiger partial charge is 0.412 e. The second-order valence-corrected chi connectivity index (χ2v) is 6.45. The Hall–Kier alpha value is -3.04. The van der Waals surface area contributed by atoms with Crippen molar-refractivity contribution in [2.75, 3.05) is 25.6 Å². The van der Waals surface area contributed by atoms with Crippen molar-refractivity contribution >= 4 is 17.7 Å². The van der Waals surface area contributed by atoms with Crippen LogP contribution < -0.4 is 15.4 Å². The van der Waals surface area contributed by atoms with Crippen LogP contribution in [0.3, 0.4) is 0 Å². The monoisotopic (exact) mass is 388 g/mol. The average Bonchev–Trinajstić information content (AvgIpc) is 3.43. The van der Waals surface area contributed by atoms with Crippen LogP contribution in [-0.2, 0) is 14.2 Å². The van der Waals surface area contributed by atoms with Crippen molar-refractivity contribution < 1.29 is 33.0 Å². The van der Waals surface area contributed by atoms with E-state index >= 15 is 0 Å². The van der Waals surface area contributed by atoms with Crippen LogP contribution in [0, 0.1) is 0 Å². The van der Waals surface area contributed by atoms with Gasteiger partial charge in [-0.2, -0.15) is 0 Å². The summed E-state index contributed by atoms with van der Waals surface area (Å²) in [4.78, 5) is 24.3. The molecule has 0 bridgehead atoms. The van der Waals surface area contributed by atoms with Gasteiger partial charge in [-0.15, -0.1) is 0 Å². The van der Waals surface area contributed by atoms with Crippen LogP contribution in [0.25, 0.3) is 0 Å². The van der Waals surface area contributed by atoms with Gasteiger partial charge in [0, 0.05) is 5.69 Å². The fraction of sp³-hybridized carbons (Fsp3) is 0.368. The second-order valence-electron chi connectivity index (χ2n) is 6.45. The number of anilines is 1. The molecule has 2 fully saturated rings. The summed E-state index contributed by atoms with van der Waals surface area (Å²) in [6.07, 6.45) is -0.568. The number of rotatable bonds is 5. The summed E-state index contributed by atoms with van der Waals surface area (Å²) in [5.74, 6) is 0.561. The van der Waals surface area contributed by atoms with Crippen molar-refractivity contribution in [3.63, 3.8) is 0 Å². The number of hydrogen-bond donors (Lipinski definition) is 2. The van der Waals surface area contributed by atoms with Crippen LogP contribution in [0.4, 0.5) is 10.5 Å². The summed E-state index contributed by atoms with van der Waals surface area (Å²) >= 11 is 0. The first-order valence-electron chi connectivity index (χ1n) is 8.83. The highest BCUT2D eigenvalue weighted by molar-refractivity contribution is 5.91. The summed E-state index contributed by atoms with van der Waals surface area (Å²) in [6, 6.07) is 9.75. The number of fused-ring (bicyclic) bond motifs is 1. The molecular formula is C19H20N2O7. The van der Waals surface area contributed by atoms with Crippen molar-refractivity contribution in [2.24, 2.45) is 0 Å². The van der Waals surface area contributed by atoms with Crippen molar-refractivity contribution in [2.45, 2.75) is 24.4 Å². The fourth-order valence-electron chi connectivity index (χ4n) is 3.30. The molecule has 9 heteroatoms. The summed E-state index contributed by atoms with van der Waals surface area (Å²) < 4.78 is 27.0. The highest BCUT2D eigenvalue weighted by atomic mass is 16.6. The summed E-state index contributed by atoms with van der Waals surface area (Å²) in [7, 11) is 1.57. The Morgan fingerprint density at radius 1 is 1.07 bits per heavy atom. The zero-order chi connectivity index (χ0) is 19.5. The molecule has 0 unspecified atom stereocenters. The van der Waals surface area contributed by atoms with Gasteiger partial charge in [0.25, 0.3) is 5.91 Å². The van der Waals surface area contributed by atoms with Gasteiger partial charge in [0.1, 0.15) is 18.0 Å². The highest BCUT2D eigenvalue weighted by Gasteiger charge is 2.50. The van der Waals surface area contributed by atoms with E-state index < -0.39 is 24.4 Å². The maximum atomic E-state index is 12.2. The van der Waals surface area contributed by atoms with Gasteiger partial charge in [0.05, 0.1) is 32.6 Å². The lowest BCUT2D eigenvalue weighted by Gasteiger charge is -2.17. The largest absolute Gasteiger partial charge is 0.497 e. The SMILES string of the molecule is COc1ccc(NC(=O)O[C@@H]2CO[C@H]3[C@@H]2OC[C@@H]3NC(=O)c2ccco2)cc1. The van der Waals surface area contributed by atoms with Crippen molar-refractivity contribution in [3.8, 4) is 5.75 Å². The van der Waals surface area contributed by atoms with Gasteiger partial charge in [-0.05, 0) is 36.4 Å². The minimum atomic E-state index is -0.605. The van der Waals surface area contributed by atoms with Crippen molar-refractivity contribution in [1.29, 1.82) is 0 Å². The average molecular weight is 388 g/mol. The van der Waals surface area contributed by atoms with E-state index in [9.17, 15) is 9.59 Å². The number of ether oxygens (including phenoxy) is 4. The molecule has 9 nitrogen and oxygen atoms in total. The first-order valence-corrected chi connectivity index (χ1v) is 8.83. The first-order chi connectivity index (χ1) is 13.6. The molecule has 28 heavy (non-hydrogen) atoms. The minimum Gasteiger partial charge on any atom is -0.497 e. The maximum absolute atomic E-state index is 12.2. The van der Waals surface area contributed by atoms with E-state index in [0.29, 0.717) is 11.4 Å². The molecule has 2 saturated heterocycles. The second kappa shape index (κ2) is 7.91. The molecule has 4 atom stereocenters. The van der Waals surface area contributed by atoms with Gasteiger partial charge in [-0.25, -0.2) is 4.79 Å². The van der Waals surface area contributed by atoms with Gasteiger partial charge < -0.3 is 28.7 Å². The Bertz CT molecular complexity index is 821. The summed E-state index contributed by atoms with van der Waals surface area (Å²) in [6.45, 7) is 0.459. The van der Waals surface area contributed by atoms with Crippen LogP contribution in [-0.4, -0.2) is 56.7 Å². The summed E-state index contributed by atoms with van der Waals surface area (Å²) in [5, 5.41) is 5.48. The number of carbonyl (C=O) groups excluding carboxylic acids is 2. The van der Waals surface area contributed by atoms with E-state index in [1.165, 1.54) is 6.26 Å². The normalized spacial score (nSPS) is 25.8. The molecule has 0 radical (unpaired) electrons. The van der Waals surface area contributed by atoms with E-state index in [-0.39, 0.29) is 30.9 Å². The molecule has 1 aromatic heterocycles. The lowest BCUT2D eigenvalue weighted by molar-refractivity contribution is 0.00860. The molecule has 1 aromatic carbocycles. The molecule has 148 valence electrons. The Morgan fingerprint density at radius 3 is 2.57 bits per heavy atom. The Labute approximate surface area is 160 Å². The van der Waals surface area contributed by atoms with Gasteiger partial charge in [-0.3, -0.25) is 10.1 Å². The maximum Gasteiger partial charge on any atom is 0.412 e. The third-order valence-corrected chi connectivity index (χ3v) is 4.66. The molecule has 0 spiro atoms. The lowest BCUT2D eigenvalue weighted by atomic mass is 10.1. The highest BCUT2D eigenvalue weighted by Crippen LogP contribution is 2.29. The van der Waals surface area contributed by atoms with Crippen LogP contribution in [0.15, 0.2) is 47.1 Å². The van der Waals surface area contributed by atoms with Gasteiger partial charge in [0.2, 0.25) is 0 Å². The van der Waals surface area contributed by atoms with E-state index in [1.54, 1.807) is 43.5 Å². The quantitative estimate of drug-likeness (QED) is 0.804. The molecule has 0 aliphatic carbocycles.